The van der Waals surface area contributed by atoms with Crippen molar-refractivity contribution < 1.29 is 22.7 Å². The van der Waals surface area contributed by atoms with Crippen LogP contribution < -0.4 is 15.4 Å². The molecule has 176 valence electrons. The fourth-order valence-corrected chi connectivity index (χ4v) is 3.25. The Hall–Kier alpha value is -4.22. The SMILES string of the molecule is COc1cncc(-c2cnc3[nH]cc(-c4cncc(N[C@H](C)C(=O)NCC(F)(F)F)n4)c3c2)c1. The zero-order chi connectivity index (χ0) is 24.3. The standard InChI is InChI=1S/C22H20F3N7O2/c1-12(21(33)30-11-22(23,24)25)31-19-10-27-9-18(32-19)17-8-29-20-16(17)4-14(6-28-20)13-3-15(34-2)7-26-5-13/h3-10,12H,11H2,1-2H3,(H,28,29)(H,30,33)(H,31,32)/t12-/m1/s1. The van der Waals surface area contributed by atoms with Crippen molar-refractivity contribution in [3.05, 3.63) is 49.3 Å². The van der Waals surface area contributed by atoms with E-state index in [1.54, 1.807) is 38.1 Å². The Bertz CT molecular complexity index is 1320. The van der Waals surface area contributed by atoms with Crippen LogP contribution in [0.1, 0.15) is 6.92 Å². The molecule has 1 atom stereocenters. The molecule has 34 heavy (non-hydrogen) atoms. The van der Waals surface area contributed by atoms with Gasteiger partial charge >= 0.3 is 6.18 Å². The number of amides is 1. The third kappa shape index (κ3) is 5.22. The first-order chi connectivity index (χ1) is 16.2. The van der Waals surface area contributed by atoms with E-state index in [4.69, 9.17) is 4.74 Å². The van der Waals surface area contributed by atoms with Gasteiger partial charge in [0.2, 0.25) is 5.91 Å². The summed E-state index contributed by atoms with van der Waals surface area (Å²) in [7, 11) is 1.56. The van der Waals surface area contributed by atoms with Gasteiger partial charge in [-0.05, 0) is 19.1 Å². The van der Waals surface area contributed by atoms with Crippen LogP contribution in [0, 0.1) is 0 Å². The lowest BCUT2D eigenvalue weighted by atomic mass is 10.1. The van der Waals surface area contributed by atoms with Gasteiger partial charge in [-0.25, -0.2) is 9.97 Å². The molecule has 4 aromatic heterocycles. The molecule has 1 amide bonds. The first kappa shape index (κ1) is 23.0. The number of ether oxygens (including phenoxy) is 1. The molecule has 9 nitrogen and oxygen atoms in total. The number of anilines is 1. The van der Waals surface area contributed by atoms with Crippen LogP contribution in [0.25, 0.3) is 33.4 Å². The monoisotopic (exact) mass is 471 g/mol. The summed E-state index contributed by atoms with van der Waals surface area (Å²) in [6.45, 7) is 0.0289. The van der Waals surface area contributed by atoms with Gasteiger partial charge in [-0.1, -0.05) is 0 Å². The van der Waals surface area contributed by atoms with Crippen LogP contribution in [0.2, 0.25) is 0 Å². The fraction of sp³-hybridized carbons (Fsp3) is 0.227. The Morgan fingerprint density at radius 1 is 1.12 bits per heavy atom. The lowest BCUT2D eigenvalue weighted by Gasteiger charge is -2.15. The first-order valence-electron chi connectivity index (χ1n) is 10.1. The molecule has 0 unspecified atom stereocenters. The fourth-order valence-electron chi connectivity index (χ4n) is 3.25. The van der Waals surface area contributed by atoms with Gasteiger partial charge in [0.1, 0.15) is 29.8 Å². The van der Waals surface area contributed by atoms with Crippen LogP contribution >= 0.6 is 0 Å². The Balaban J connectivity index is 1.59. The molecule has 4 aromatic rings. The van der Waals surface area contributed by atoms with E-state index in [-0.39, 0.29) is 5.82 Å². The summed E-state index contributed by atoms with van der Waals surface area (Å²) in [5.41, 5.74) is 3.47. The molecule has 0 saturated carbocycles. The molecule has 0 aromatic carbocycles. The van der Waals surface area contributed by atoms with Crippen molar-refractivity contribution in [3.8, 4) is 28.1 Å². The van der Waals surface area contributed by atoms with Crippen LogP contribution in [0.15, 0.2) is 49.3 Å². The lowest BCUT2D eigenvalue weighted by molar-refractivity contribution is -0.138. The van der Waals surface area contributed by atoms with Gasteiger partial charge in [0.15, 0.2) is 0 Å². The molecule has 4 rings (SSSR count). The molecule has 0 radical (unpaired) electrons. The summed E-state index contributed by atoms with van der Waals surface area (Å²) in [4.78, 5) is 32.3. The molecule has 0 aliphatic carbocycles. The number of hydrogen-bond donors (Lipinski definition) is 3. The number of halogens is 3. The summed E-state index contributed by atoms with van der Waals surface area (Å²) in [6.07, 6.45) is 5.20. The van der Waals surface area contributed by atoms with E-state index in [0.717, 1.165) is 16.5 Å². The van der Waals surface area contributed by atoms with E-state index >= 15 is 0 Å². The van der Waals surface area contributed by atoms with Gasteiger partial charge in [0.05, 0.1) is 31.4 Å². The normalized spacial score (nSPS) is 12.4. The number of methoxy groups -OCH3 is 1. The number of nitrogens with one attached hydrogen (secondary N) is 3. The zero-order valence-electron chi connectivity index (χ0n) is 18.1. The maximum absolute atomic E-state index is 12.3. The van der Waals surface area contributed by atoms with Gasteiger partial charge in [-0.15, -0.1) is 0 Å². The Kier molecular flexibility index (Phi) is 6.30. The van der Waals surface area contributed by atoms with Crippen LogP contribution in [-0.4, -0.2) is 56.7 Å². The number of aromatic amines is 1. The van der Waals surface area contributed by atoms with Crippen LogP contribution in [0.4, 0.5) is 19.0 Å². The van der Waals surface area contributed by atoms with Gasteiger partial charge in [0, 0.05) is 40.7 Å². The number of carbonyl (C=O) groups is 1. The van der Waals surface area contributed by atoms with Crippen molar-refractivity contribution in [2.45, 2.75) is 19.1 Å². The molecule has 0 aliphatic rings. The number of fused-ring (bicyclic) bond motifs is 1. The average molecular weight is 471 g/mol. The predicted molar refractivity (Wildman–Crippen MR) is 119 cm³/mol. The largest absolute Gasteiger partial charge is 0.495 e. The molecule has 0 bridgehead atoms. The third-order valence-corrected chi connectivity index (χ3v) is 4.94. The number of aromatic nitrogens is 5. The molecule has 0 fully saturated rings. The molecular formula is C22H20F3N7O2. The van der Waals surface area contributed by atoms with Crippen LogP contribution in [0.5, 0.6) is 5.75 Å². The Labute approximate surface area is 191 Å². The van der Waals surface area contributed by atoms with Crippen molar-refractivity contribution in [2.75, 3.05) is 19.0 Å². The summed E-state index contributed by atoms with van der Waals surface area (Å²) >= 11 is 0. The van der Waals surface area contributed by atoms with E-state index in [1.165, 1.54) is 13.1 Å². The van der Waals surface area contributed by atoms with Gasteiger partial charge in [0.25, 0.3) is 0 Å². The lowest BCUT2D eigenvalue weighted by Crippen LogP contribution is -2.42. The molecule has 3 N–H and O–H groups in total. The molecule has 0 spiro atoms. The zero-order valence-corrected chi connectivity index (χ0v) is 18.1. The van der Waals surface area contributed by atoms with Crippen molar-refractivity contribution in [2.24, 2.45) is 0 Å². The highest BCUT2D eigenvalue weighted by Gasteiger charge is 2.28. The number of alkyl halides is 3. The highest BCUT2D eigenvalue weighted by Crippen LogP contribution is 2.31. The van der Waals surface area contributed by atoms with Crippen molar-refractivity contribution >= 4 is 22.8 Å². The summed E-state index contributed by atoms with van der Waals surface area (Å²) in [6, 6.07) is 2.82. The minimum absolute atomic E-state index is 0.239. The van der Waals surface area contributed by atoms with E-state index in [1.807, 2.05) is 17.4 Å². The van der Waals surface area contributed by atoms with Crippen LogP contribution in [-0.2, 0) is 4.79 Å². The molecular weight excluding hydrogens is 451 g/mol. The number of carbonyl (C=O) groups excluding carboxylic acids is 1. The number of nitrogens with zero attached hydrogens (tertiary/aromatic N) is 4. The number of H-pyrrole nitrogens is 1. The highest BCUT2D eigenvalue weighted by atomic mass is 19.4. The smallest absolute Gasteiger partial charge is 0.405 e. The minimum Gasteiger partial charge on any atom is -0.495 e. The van der Waals surface area contributed by atoms with E-state index in [2.05, 4.69) is 30.2 Å². The minimum atomic E-state index is -4.49. The quantitative estimate of drug-likeness (QED) is 0.377. The average Bonchev–Trinajstić information content (AvgIpc) is 3.25. The second-order valence-electron chi connectivity index (χ2n) is 7.42. The summed E-state index contributed by atoms with van der Waals surface area (Å²) in [5.74, 6) is 0.0462. The van der Waals surface area contributed by atoms with Gasteiger partial charge in [-0.2, -0.15) is 13.2 Å². The number of pyridine rings is 2. The maximum atomic E-state index is 12.3. The van der Waals surface area contributed by atoms with Gasteiger partial charge < -0.3 is 20.4 Å². The van der Waals surface area contributed by atoms with E-state index in [0.29, 0.717) is 22.7 Å². The second-order valence-corrected chi connectivity index (χ2v) is 7.42. The molecule has 4 heterocycles. The predicted octanol–water partition coefficient (Wildman–Crippen LogP) is 3.57. The molecule has 0 aliphatic heterocycles. The number of rotatable bonds is 7. The Morgan fingerprint density at radius 3 is 2.65 bits per heavy atom. The molecule has 12 heteroatoms. The third-order valence-electron chi connectivity index (χ3n) is 4.94. The highest BCUT2D eigenvalue weighted by molar-refractivity contribution is 5.95. The summed E-state index contributed by atoms with van der Waals surface area (Å²) < 4.78 is 42.3. The topological polar surface area (TPSA) is 118 Å². The van der Waals surface area contributed by atoms with Crippen LogP contribution in [0.3, 0.4) is 0 Å². The Morgan fingerprint density at radius 2 is 1.88 bits per heavy atom. The number of hydrogen-bond acceptors (Lipinski definition) is 7. The van der Waals surface area contributed by atoms with Crippen molar-refractivity contribution in [1.29, 1.82) is 0 Å². The van der Waals surface area contributed by atoms with E-state index < -0.39 is 24.7 Å². The van der Waals surface area contributed by atoms with Gasteiger partial charge in [-0.3, -0.25) is 14.8 Å². The van der Waals surface area contributed by atoms with E-state index in [9.17, 15) is 18.0 Å². The van der Waals surface area contributed by atoms with Crippen molar-refractivity contribution in [1.82, 2.24) is 30.2 Å². The van der Waals surface area contributed by atoms with Crippen molar-refractivity contribution in [3.63, 3.8) is 0 Å². The second kappa shape index (κ2) is 9.33. The summed E-state index contributed by atoms with van der Waals surface area (Å²) in [5, 5.41) is 5.39. The molecule has 0 saturated heterocycles. The maximum Gasteiger partial charge on any atom is 0.405 e. The first-order valence-corrected chi connectivity index (χ1v) is 10.1.